The van der Waals surface area contributed by atoms with Crippen molar-refractivity contribution < 1.29 is 14.3 Å². The molecule has 1 aromatic carbocycles. The highest BCUT2D eigenvalue weighted by atomic mass is 16.5. The van der Waals surface area contributed by atoms with Crippen LogP contribution in [0, 0.1) is 6.92 Å². The Morgan fingerprint density at radius 1 is 1.41 bits per heavy atom. The minimum absolute atomic E-state index is 0.107. The number of carbonyl (C=O) groups is 2. The summed E-state index contributed by atoms with van der Waals surface area (Å²) >= 11 is 0. The number of methoxy groups -OCH3 is 1. The molecule has 1 heterocycles. The highest BCUT2D eigenvalue weighted by molar-refractivity contribution is 6.01. The van der Waals surface area contributed by atoms with Crippen molar-refractivity contribution in [1.29, 1.82) is 0 Å². The first-order valence-electron chi connectivity index (χ1n) is 5.32. The van der Waals surface area contributed by atoms with Crippen LogP contribution in [-0.2, 0) is 11.3 Å². The number of hydrogen-bond acceptors (Lipinski definition) is 3. The molecule has 1 aromatic rings. The van der Waals surface area contributed by atoms with E-state index in [-0.39, 0.29) is 18.5 Å². The van der Waals surface area contributed by atoms with Crippen LogP contribution in [-0.4, -0.2) is 30.5 Å². The van der Waals surface area contributed by atoms with E-state index in [0.29, 0.717) is 6.54 Å². The molecule has 1 aliphatic heterocycles. The van der Waals surface area contributed by atoms with Crippen molar-refractivity contribution in [3.05, 3.63) is 29.3 Å². The standard InChI is InChI=1S/C12H14N2O3/c1-8-3-4-10(17-2)9(5-8)6-14-7-11(15)13-12(14)16/h3-5H,6-7H2,1-2H3,(H,13,15,16). The minimum Gasteiger partial charge on any atom is -0.496 e. The normalized spacial score (nSPS) is 15.1. The van der Waals surface area contributed by atoms with Crippen LogP contribution in [0.4, 0.5) is 4.79 Å². The maximum absolute atomic E-state index is 11.4. The van der Waals surface area contributed by atoms with E-state index >= 15 is 0 Å². The molecule has 0 bridgehead atoms. The molecule has 17 heavy (non-hydrogen) atoms. The highest BCUT2D eigenvalue weighted by Gasteiger charge is 2.27. The van der Waals surface area contributed by atoms with E-state index in [1.165, 1.54) is 4.90 Å². The second kappa shape index (κ2) is 4.45. The Balaban J connectivity index is 2.20. The number of urea groups is 1. The molecule has 5 heteroatoms. The zero-order chi connectivity index (χ0) is 12.4. The van der Waals surface area contributed by atoms with Crippen molar-refractivity contribution >= 4 is 11.9 Å². The van der Waals surface area contributed by atoms with Crippen molar-refractivity contribution in [2.24, 2.45) is 0 Å². The van der Waals surface area contributed by atoms with Gasteiger partial charge in [-0.25, -0.2) is 4.79 Å². The molecule has 1 N–H and O–H groups in total. The van der Waals surface area contributed by atoms with Gasteiger partial charge in [-0.05, 0) is 13.0 Å². The van der Waals surface area contributed by atoms with Gasteiger partial charge in [-0.2, -0.15) is 0 Å². The summed E-state index contributed by atoms with van der Waals surface area (Å²) in [7, 11) is 1.59. The first-order valence-corrected chi connectivity index (χ1v) is 5.32. The molecular formula is C12H14N2O3. The van der Waals surface area contributed by atoms with Crippen molar-refractivity contribution in [3.63, 3.8) is 0 Å². The van der Waals surface area contributed by atoms with Crippen molar-refractivity contribution in [2.75, 3.05) is 13.7 Å². The Morgan fingerprint density at radius 3 is 2.76 bits per heavy atom. The van der Waals surface area contributed by atoms with Gasteiger partial charge in [-0.1, -0.05) is 17.7 Å². The molecule has 0 saturated carbocycles. The van der Waals surface area contributed by atoms with Crippen molar-refractivity contribution in [2.45, 2.75) is 13.5 Å². The van der Waals surface area contributed by atoms with E-state index in [2.05, 4.69) is 5.32 Å². The van der Waals surface area contributed by atoms with Crippen LogP contribution >= 0.6 is 0 Å². The molecule has 1 fully saturated rings. The molecule has 3 amide bonds. The molecule has 0 aromatic heterocycles. The molecule has 0 aliphatic carbocycles. The van der Waals surface area contributed by atoms with Gasteiger partial charge in [0.15, 0.2) is 0 Å². The number of rotatable bonds is 3. The first-order chi connectivity index (χ1) is 8.10. The quantitative estimate of drug-likeness (QED) is 0.795. The van der Waals surface area contributed by atoms with E-state index in [1.807, 2.05) is 25.1 Å². The number of ether oxygens (including phenoxy) is 1. The van der Waals surface area contributed by atoms with Gasteiger partial charge in [0.25, 0.3) is 0 Å². The third-order valence-electron chi connectivity index (χ3n) is 2.67. The summed E-state index contributed by atoms with van der Waals surface area (Å²) in [4.78, 5) is 24.0. The van der Waals surface area contributed by atoms with Gasteiger partial charge in [0.1, 0.15) is 12.3 Å². The van der Waals surface area contributed by atoms with Crippen LogP contribution in [0.3, 0.4) is 0 Å². The lowest BCUT2D eigenvalue weighted by atomic mass is 10.1. The summed E-state index contributed by atoms with van der Waals surface area (Å²) < 4.78 is 5.23. The predicted octanol–water partition coefficient (Wildman–Crippen LogP) is 1.06. The van der Waals surface area contributed by atoms with Gasteiger partial charge >= 0.3 is 6.03 Å². The van der Waals surface area contributed by atoms with Crippen LogP contribution < -0.4 is 10.1 Å². The molecular weight excluding hydrogens is 220 g/mol. The van der Waals surface area contributed by atoms with Gasteiger partial charge in [0.05, 0.1) is 13.7 Å². The molecule has 0 atom stereocenters. The zero-order valence-electron chi connectivity index (χ0n) is 9.82. The van der Waals surface area contributed by atoms with Crippen molar-refractivity contribution in [1.82, 2.24) is 10.2 Å². The van der Waals surface area contributed by atoms with Crippen molar-refractivity contribution in [3.8, 4) is 5.75 Å². The lowest BCUT2D eigenvalue weighted by Crippen LogP contribution is -2.27. The summed E-state index contributed by atoms with van der Waals surface area (Å²) in [5, 5.41) is 2.25. The van der Waals surface area contributed by atoms with Gasteiger partial charge in [-0.15, -0.1) is 0 Å². The SMILES string of the molecule is COc1ccc(C)cc1CN1CC(=O)NC1=O. The second-order valence-electron chi connectivity index (χ2n) is 4.02. The molecule has 0 radical (unpaired) electrons. The molecule has 1 saturated heterocycles. The molecule has 2 rings (SSSR count). The van der Waals surface area contributed by atoms with Crippen LogP contribution in [0.2, 0.25) is 0 Å². The number of amides is 3. The average molecular weight is 234 g/mol. The largest absolute Gasteiger partial charge is 0.496 e. The lowest BCUT2D eigenvalue weighted by Gasteiger charge is -2.16. The smallest absolute Gasteiger partial charge is 0.324 e. The number of benzene rings is 1. The maximum Gasteiger partial charge on any atom is 0.324 e. The van der Waals surface area contributed by atoms with E-state index in [9.17, 15) is 9.59 Å². The highest BCUT2D eigenvalue weighted by Crippen LogP contribution is 2.21. The van der Waals surface area contributed by atoms with E-state index < -0.39 is 0 Å². The number of nitrogens with one attached hydrogen (secondary N) is 1. The Morgan fingerprint density at radius 2 is 2.18 bits per heavy atom. The van der Waals surface area contributed by atoms with Crippen LogP contribution in [0.15, 0.2) is 18.2 Å². The summed E-state index contributed by atoms with van der Waals surface area (Å²) in [5.41, 5.74) is 1.99. The average Bonchev–Trinajstić information content (AvgIpc) is 2.58. The number of carbonyl (C=O) groups excluding carboxylic acids is 2. The van der Waals surface area contributed by atoms with Crippen LogP contribution in [0.5, 0.6) is 5.75 Å². The molecule has 90 valence electrons. The Bertz CT molecular complexity index is 471. The summed E-state index contributed by atoms with van der Waals surface area (Å²) in [5.74, 6) is 0.462. The lowest BCUT2D eigenvalue weighted by molar-refractivity contribution is -0.118. The van der Waals surface area contributed by atoms with E-state index in [1.54, 1.807) is 7.11 Å². The Hall–Kier alpha value is -2.04. The predicted molar refractivity (Wildman–Crippen MR) is 61.7 cm³/mol. The van der Waals surface area contributed by atoms with E-state index in [4.69, 9.17) is 4.74 Å². The molecule has 5 nitrogen and oxygen atoms in total. The number of imide groups is 1. The fraction of sp³-hybridized carbons (Fsp3) is 0.333. The van der Waals surface area contributed by atoms with Crippen LogP contribution in [0.25, 0.3) is 0 Å². The minimum atomic E-state index is -0.349. The fourth-order valence-electron chi connectivity index (χ4n) is 1.85. The molecule has 1 aliphatic rings. The third-order valence-corrected chi connectivity index (χ3v) is 2.67. The van der Waals surface area contributed by atoms with E-state index in [0.717, 1.165) is 16.9 Å². The number of nitrogens with zero attached hydrogens (tertiary/aromatic N) is 1. The Labute approximate surface area is 99.4 Å². The monoisotopic (exact) mass is 234 g/mol. The fourth-order valence-corrected chi connectivity index (χ4v) is 1.85. The summed E-state index contributed by atoms with van der Waals surface area (Å²) in [6.07, 6.45) is 0. The molecule has 0 unspecified atom stereocenters. The Kier molecular flexibility index (Phi) is 2.99. The topological polar surface area (TPSA) is 58.6 Å². The second-order valence-corrected chi connectivity index (χ2v) is 4.02. The van der Waals surface area contributed by atoms with Gasteiger partial charge < -0.3 is 9.64 Å². The van der Waals surface area contributed by atoms with Gasteiger partial charge in [0.2, 0.25) is 5.91 Å². The van der Waals surface area contributed by atoms with Gasteiger partial charge in [-0.3, -0.25) is 10.1 Å². The summed E-state index contributed by atoms with van der Waals surface area (Å²) in [6, 6.07) is 5.41. The third kappa shape index (κ3) is 2.38. The number of hydrogen-bond donors (Lipinski definition) is 1. The number of aryl methyl sites for hydroxylation is 1. The van der Waals surface area contributed by atoms with Gasteiger partial charge in [0, 0.05) is 5.56 Å². The molecule has 0 spiro atoms. The zero-order valence-corrected chi connectivity index (χ0v) is 9.82. The maximum atomic E-state index is 11.4. The summed E-state index contributed by atoms with van der Waals surface area (Å²) in [6.45, 7) is 2.45. The first kappa shape index (κ1) is 11.4. The van der Waals surface area contributed by atoms with Crippen LogP contribution in [0.1, 0.15) is 11.1 Å².